The topological polar surface area (TPSA) is 72.1 Å². The van der Waals surface area contributed by atoms with Crippen molar-refractivity contribution < 1.29 is 9.47 Å². The smallest absolute Gasteiger partial charge is 0.193 e. The monoisotopic (exact) mass is 488 g/mol. The number of guanidine groups is 1. The number of benzene rings is 1. The van der Waals surface area contributed by atoms with E-state index in [9.17, 15) is 0 Å². The minimum Gasteiger partial charge on any atom is -0.490 e. The summed E-state index contributed by atoms with van der Waals surface area (Å²) in [4.78, 5) is 7.02. The first-order valence-electron chi connectivity index (χ1n) is 9.89. The molecule has 27 heavy (non-hydrogen) atoms. The molecule has 0 amide bonds. The molecule has 1 aromatic rings. The van der Waals surface area contributed by atoms with Gasteiger partial charge in [-0.1, -0.05) is 6.92 Å². The van der Waals surface area contributed by atoms with Crippen molar-refractivity contribution in [2.24, 2.45) is 16.6 Å². The molecule has 0 aromatic heterocycles. The minimum atomic E-state index is 0. The molecule has 2 heterocycles. The molecule has 0 radical (unpaired) electrons. The Morgan fingerprint density at radius 1 is 1.22 bits per heavy atom. The van der Waals surface area contributed by atoms with E-state index in [-0.39, 0.29) is 24.0 Å². The van der Waals surface area contributed by atoms with E-state index in [0.29, 0.717) is 19.2 Å². The number of hydrogen-bond donors (Lipinski definition) is 2. The van der Waals surface area contributed by atoms with E-state index in [0.717, 1.165) is 42.5 Å². The summed E-state index contributed by atoms with van der Waals surface area (Å²) in [6, 6.07) is 5.77. The number of aliphatic imine (C=N–C) groups is 1. The third-order valence-electron chi connectivity index (χ3n) is 4.93. The summed E-state index contributed by atoms with van der Waals surface area (Å²) in [5.74, 6) is 2.84. The van der Waals surface area contributed by atoms with E-state index in [1.165, 1.54) is 38.9 Å². The van der Waals surface area contributed by atoms with Crippen LogP contribution in [0.5, 0.6) is 11.5 Å². The fraction of sp³-hybridized carbons (Fsp3) is 0.650. The Kier molecular flexibility index (Phi) is 9.47. The van der Waals surface area contributed by atoms with Crippen LogP contribution in [0.2, 0.25) is 0 Å². The lowest BCUT2D eigenvalue weighted by atomic mass is 10.0. The summed E-state index contributed by atoms with van der Waals surface area (Å²) in [5.41, 5.74) is 6.89. The Labute approximate surface area is 179 Å². The van der Waals surface area contributed by atoms with Gasteiger partial charge in [-0.05, 0) is 56.8 Å². The van der Waals surface area contributed by atoms with E-state index in [2.05, 4.69) is 22.1 Å². The van der Waals surface area contributed by atoms with E-state index in [1.807, 2.05) is 18.2 Å². The Balaban J connectivity index is 0.00000261. The third-order valence-corrected chi connectivity index (χ3v) is 4.93. The Morgan fingerprint density at radius 2 is 2.04 bits per heavy atom. The number of hydrogen-bond acceptors (Lipinski definition) is 4. The number of likely N-dealkylation sites (tertiary alicyclic amines) is 1. The highest BCUT2D eigenvalue weighted by Crippen LogP contribution is 2.32. The highest BCUT2D eigenvalue weighted by molar-refractivity contribution is 14.0. The molecule has 3 N–H and O–H groups in total. The molecule has 0 saturated carbocycles. The molecule has 1 atom stereocenters. The molecule has 0 spiro atoms. The number of nitrogens with one attached hydrogen (secondary N) is 1. The molecule has 3 rings (SSSR count). The van der Waals surface area contributed by atoms with Gasteiger partial charge in [0.15, 0.2) is 17.5 Å². The van der Waals surface area contributed by atoms with Crippen molar-refractivity contribution in [2.45, 2.75) is 39.0 Å². The first-order valence-corrected chi connectivity index (χ1v) is 9.89. The van der Waals surface area contributed by atoms with Crippen molar-refractivity contribution in [3.05, 3.63) is 18.2 Å². The molecule has 1 saturated heterocycles. The summed E-state index contributed by atoms with van der Waals surface area (Å²) < 4.78 is 11.3. The quantitative estimate of drug-likeness (QED) is 0.277. The van der Waals surface area contributed by atoms with Gasteiger partial charge < -0.3 is 25.4 Å². The molecular weight excluding hydrogens is 455 g/mol. The maximum atomic E-state index is 6.01. The number of rotatable bonds is 6. The molecule has 6 nitrogen and oxygen atoms in total. The van der Waals surface area contributed by atoms with Gasteiger partial charge in [0.2, 0.25) is 0 Å². The van der Waals surface area contributed by atoms with Crippen LogP contribution in [0.15, 0.2) is 23.2 Å². The van der Waals surface area contributed by atoms with E-state index in [1.54, 1.807) is 0 Å². The summed E-state index contributed by atoms with van der Waals surface area (Å²) in [6.45, 7) is 8.15. The van der Waals surface area contributed by atoms with Crippen LogP contribution in [-0.4, -0.2) is 50.3 Å². The normalized spacial score (nSPS) is 20.5. The van der Waals surface area contributed by atoms with Gasteiger partial charge >= 0.3 is 0 Å². The maximum absolute atomic E-state index is 6.01. The second-order valence-corrected chi connectivity index (χ2v) is 7.36. The van der Waals surface area contributed by atoms with Crippen molar-refractivity contribution in [2.75, 3.05) is 44.7 Å². The molecule has 1 aromatic carbocycles. The number of piperidine rings is 1. The van der Waals surface area contributed by atoms with Crippen molar-refractivity contribution in [1.29, 1.82) is 0 Å². The molecular formula is C20H33IN4O2. The zero-order chi connectivity index (χ0) is 18.2. The van der Waals surface area contributed by atoms with Gasteiger partial charge in [0.25, 0.3) is 0 Å². The highest BCUT2D eigenvalue weighted by atomic mass is 127. The second kappa shape index (κ2) is 11.6. The largest absolute Gasteiger partial charge is 0.490 e. The van der Waals surface area contributed by atoms with Crippen molar-refractivity contribution in [3.8, 4) is 11.5 Å². The first kappa shape index (κ1) is 22.1. The number of fused-ring (bicyclic) bond motifs is 1. The first-order chi connectivity index (χ1) is 12.7. The molecule has 0 bridgehead atoms. The molecule has 0 aliphatic carbocycles. The molecule has 1 fully saturated rings. The van der Waals surface area contributed by atoms with Crippen LogP contribution < -0.4 is 20.5 Å². The number of nitrogens with zero attached hydrogens (tertiary/aromatic N) is 2. The van der Waals surface area contributed by atoms with Gasteiger partial charge in [0.05, 0.1) is 13.2 Å². The standard InChI is InChI=1S/C20H32N4O2.HI/c1-16-6-4-11-24(15-16)10-3-2-9-22-20(21)23-17-7-8-18-19(14-17)26-13-5-12-25-18;/h7-8,14,16H,2-6,9-13,15H2,1H3,(H3,21,22,23);1H. The third kappa shape index (κ3) is 7.37. The molecule has 2 aliphatic rings. The average Bonchev–Trinajstić information content (AvgIpc) is 2.86. The van der Waals surface area contributed by atoms with Crippen molar-refractivity contribution >= 4 is 35.6 Å². The van der Waals surface area contributed by atoms with E-state index < -0.39 is 0 Å². The fourth-order valence-electron chi connectivity index (χ4n) is 3.56. The van der Waals surface area contributed by atoms with Gasteiger partial charge in [-0.25, -0.2) is 0 Å². The number of halogens is 1. The van der Waals surface area contributed by atoms with Crippen LogP contribution in [0.3, 0.4) is 0 Å². The fourth-order valence-corrected chi connectivity index (χ4v) is 3.56. The Morgan fingerprint density at radius 3 is 2.85 bits per heavy atom. The summed E-state index contributed by atoms with van der Waals surface area (Å²) in [7, 11) is 0. The van der Waals surface area contributed by atoms with Crippen LogP contribution in [0.1, 0.15) is 39.0 Å². The number of unbranched alkanes of at least 4 members (excludes halogenated alkanes) is 1. The summed E-state index contributed by atoms with van der Waals surface area (Å²) >= 11 is 0. The lowest BCUT2D eigenvalue weighted by Gasteiger charge is -2.30. The van der Waals surface area contributed by atoms with Crippen LogP contribution in [-0.2, 0) is 0 Å². The number of nitrogens with two attached hydrogens (primary N) is 1. The molecule has 152 valence electrons. The predicted octanol–water partition coefficient (Wildman–Crippen LogP) is 3.70. The summed E-state index contributed by atoms with van der Waals surface area (Å²) in [6.07, 6.45) is 5.86. The van der Waals surface area contributed by atoms with E-state index in [4.69, 9.17) is 15.2 Å². The van der Waals surface area contributed by atoms with Gasteiger partial charge in [0.1, 0.15) is 0 Å². The van der Waals surface area contributed by atoms with Gasteiger partial charge in [0, 0.05) is 31.3 Å². The second-order valence-electron chi connectivity index (χ2n) is 7.36. The van der Waals surface area contributed by atoms with Gasteiger partial charge in [-0.15, -0.1) is 24.0 Å². The van der Waals surface area contributed by atoms with Crippen LogP contribution in [0.25, 0.3) is 0 Å². The lowest BCUT2D eigenvalue weighted by Crippen LogP contribution is -2.35. The van der Waals surface area contributed by atoms with Crippen LogP contribution in [0.4, 0.5) is 5.69 Å². The molecule has 1 unspecified atom stereocenters. The Hall–Kier alpha value is -1.22. The molecule has 7 heteroatoms. The van der Waals surface area contributed by atoms with Crippen LogP contribution >= 0.6 is 24.0 Å². The maximum Gasteiger partial charge on any atom is 0.193 e. The molecule has 2 aliphatic heterocycles. The lowest BCUT2D eigenvalue weighted by molar-refractivity contribution is 0.181. The van der Waals surface area contributed by atoms with Crippen LogP contribution in [0, 0.1) is 5.92 Å². The zero-order valence-electron chi connectivity index (χ0n) is 16.3. The highest BCUT2D eigenvalue weighted by Gasteiger charge is 2.15. The van der Waals surface area contributed by atoms with Crippen molar-refractivity contribution in [1.82, 2.24) is 4.90 Å². The zero-order valence-corrected chi connectivity index (χ0v) is 18.6. The predicted molar refractivity (Wildman–Crippen MR) is 122 cm³/mol. The van der Waals surface area contributed by atoms with Gasteiger partial charge in [-0.2, -0.15) is 0 Å². The van der Waals surface area contributed by atoms with E-state index >= 15 is 0 Å². The van der Waals surface area contributed by atoms with Gasteiger partial charge in [-0.3, -0.25) is 4.99 Å². The summed E-state index contributed by atoms with van der Waals surface area (Å²) in [5, 5.41) is 3.14. The SMILES string of the molecule is CC1CCCN(CCCCN=C(N)Nc2ccc3c(c2)OCCCO3)C1.I. The number of anilines is 1. The minimum absolute atomic E-state index is 0. The Bertz CT molecular complexity index is 612. The number of ether oxygens (including phenoxy) is 2. The van der Waals surface area contributed by atoms with Crippen molar-refractivity contribution in [3.63, 3.8) is 0 Å². The average molecular weight is 488 g/mol.